The summed E-state index contributed by atoms with van der Waals surface area (Å²) in [6, 6.07) is 4.24. The first-order chi connectivity index (χ1) is 9.86. The van der Waals surface area contributed by atoms with E-state index < -0.39 is 21.4 Å². The van der Waals surface area contributed by atoms with Gasteiger partial charge in [-0.2, -0.15) is 0 Å². The van der Waals surface area contributed by atoms with Crippen LogP contribution in [0.3, 0.4) is 0 Å². The fourth-order valence-electron chi connectivity index (χ4n) is 2.77. The maximum absolute atomic E-state index is 13.9. The second-order valence-electron chi connectivity index (χ2n) is 5.92. The minimum Gasteiger partial charge on any atom is -0.313 e. The molecule has 0 aliphatic heterocycles. The number of halogens is 1. The average molecular weight is 314 g/mol. The van der Waals surface area contributed by atoms with Gasteiger partial charge in [-0.3, -0.25) is 0 Å². The van der Waals surface area contributed by atoms with Crippen LogP contribution < -0.4 is 10.0 Å². The Morgan fingerprint density at radius 3 is 2.57 bits per heavy atom. The summed E-state index contributed by atoms with van der Waals surface area (Å²) in [5, 5.41) is 3.11. The van der Waals surface area contributed by atoms with E-state index >= 15 is 0 Å². The Balaban J connectivity index is 2.26. The smallest absolute Gasteiger partial charge is 0.243 e. The molecule has 1 aromatic rings. The largest absolute Gasteiger partial charge is 0.313 e. The Labute approximate surface area is 126 Å². The summed E-state index contributed by atoms with van der Waals surface area (Å²) in [5.74, 6) is -0.704. The minimum absolute atomic E-state index is 0.258. The zero-order valence-corrected chi connectivity index (χ0v) is 13.4. The molecule has 1 fully saturated rings. The van der Waals surface area contributed by atoms with Crippen LogP contribution in [-0.4, -0.2) is 20.5 Å². The molecule has 21 heavy (non-hydrogen) atoms. The highest BCUT2D eigenvalue weighted by molar-refractivity contribution is 7.89. The molecule has 6 heteroatoms. The molecule has 0 bridgehead atoms. The van der Waals surface area contributed by atoms with Gasteiger partial charge in [0, 0.05) is 12.1 Å². The van der Waals surface area contributed by atoms with Crippen molar-refractivity contribution in [2.24, 2.45) is 0 Å². The molecule has 1 aliphatic carbocycles. The van der Waals surface area contributed by atoms with Crippen LogP contribution in [0.5, 0.6) is 0 Å². The van der Waals surface area contributed by atoms with E-state index in [2.05, 4.69) is 10.0 Å². The summed E-state index contributed by atoms with van der Waals surface area (Å²) in [5.41, 5.74) is 0.304. The van der Waals surface area contributed by atoms with Crippen molar-refractivity contribution >= 4 is 10.0 Å². The third kappa shape index (κ3) is 4.02. The van der Waals surface area contributed by atoms with Crippen molar-refractivity contribution in [2.45, 2.75) is 56.5 Å². The quantitative estimate of drug-likeness (QED) is 0.848. The monoisotopic (exact) mass is 314 g/mol. The Bertz CT molecular complexity index is 596. The van der Waals surface area contributed by atoms with E-state index in [1.807, 2.05) is 13.8 Å². The number of hydrogen-bond donors (Lipinski definition) is 2. The molecule has 4 nitrogen and oxygen atoms in total. The Kier molecular flexibility index (Phi) is 5.01. The maximum atomic E-state index is 13.9. The molecule has 2 rings (SSSR count). The highest BCUT2D eigenvalue weighted by atomic mass is 32.2. The number of rotatable bonds is 6. The van der Waals surface area contributed by atoms with E-state index in [4.69, 9.17) is 0 Å². The molecule has 0 saturated heterocycles. The lowest BCUT2D eigenvalue weighted by Gasteiger charge is -2.25. The van der Waals surface area contributed by atoms with E-state index in [1.54, 1.807) is 6.07 Å². The molecular weight excluding hydrogens is 291 g/mol. The van der Waals surface area contributed by atoms with Gasteiger partial charge < -0.3 is 5.32 Å². The van der Waals surface area contributed by atoms with Gasteiger partial charge in [-0.1, -0.05) is 25.8 Å². The molecule has 1 saturated carbocycles. The molecule has 1 aromatic carbocycles. The summed E-state index contributed by atoms with van der Waals surface area (Å²) in [6.45, 7) is 5.15. The van der Waals surface area contributed by atoms with Crippen molar-refractivity contribution in [1.82, 2.24) is 10.0 Å². The normalized spacial score (nSPS) is 18.0. The Hall–Kier alpha value is -0.980. The van der Waals surface area contributed by atoms with E-state index in [0.29, 0.717) is 6.54 Å². The SMILES string of the molecule is CCNCc1ccc(F)c(S(=O)(=O)NC2(C)CCCC2)c1. The first-order valence-corrected chi connectivity index (χ1v) is 8.88. The summed E-state index contributed by atoms with van der Waals surface area (Å²) in [4.78, 5) is -0.258. The van der Waals surface area contributed by atoms with Gasteiger partial charge in [-0.05, 0) is 44.0 Å². The van der Waals surface area contributed by atoms with Gasteiger partial charge >= 0.3 is 0 Å². The second-order valence-corrected chi connectivity index (χ2v) is 7.57. The van der Waals surface area contributed by atoms with Gasteiger partial charge in [-0.15, -0.1) is 0 Å². The van der Waals surface area contributed by atoms with E-state index in [-0.39, 0.29) is 4.90 Å². The van der Waals surface area contributed by atoms with Crippen molar-refractivity contribution in [3.8, 4) is 0 Å². The van der Waals surface area contributed by atoms with Crippen LogP contribution in [0.25, 0.3) is 0 Å². The molecule has 0 spiro atoms. The van der Waals surface area contributed by atoms with Crippen LogP contribution in [0.4, 0.5) is 4.39 Å². The minimum atomic E-state index is -3.83. The van der Waals surface area contributed by atoms with Gasteiger partial charge in [0.15, 0.2) is 0 Å². The van der Waals surface area contributed by atoms with Gasteiger partial charge in [0.1, 0.15) is 10.7 Å². The highest BCUT2D eigenvalue weighted by Crippen LogP contribution is 2.31. The second kappa shape index (κ2) is 6.42. The average Bonchev–Trinajstić information content (AvgIpc) is 2.83. The van der Waals surface area contributed by atoms with Crippen molar-refractivity contribution in [2.75, 3.05) is 6.54 Å². The summed E-state index contributed by atoms with van der Waals surface area (Å²) >= 11 is 0. The van der Waals surface area contributed by atoms with Gasteiger partial charge in [-0.25, -0.2) is 17.5 Å². The summed E-state index contributed by atoms with van der Waals surface area (Å²) in [7, 11) is -3.83. The first kappa shape index (κ1) is 16.4. The number of nitrogens with one attached hydrogen (secondary N) is 2. The molecule has 2 N–H and O–H groups in total. The predicted molar refractivity (Wildman–Crippen MR) is 81.0 cm³/mol. The molecule has 0 atom stereocenters. The number of benzene rings is 1. The van der Waals surface area contributed by atoms with Crippen LogP contribution in [0.1, 0.15) is 45.1 Å². The molecule has 118 valence electrons. The highest BCUT2D eigenvalue weighted by Gasteiger charge is 2.34. The molecule has 1 aliphatic rings. The van der Waals surface area contributed by atoms with Crippen molar-refractivity contribution < 1.29 is 12.8 Å². The number of sulfonamides is 1. The summed E-state index contributed by atoms with van der Waals surface area (Å²) < 4.78 is 41.6. The third-order valence-corrected chi connectivity index (χ3v) is 5.61. The molecule has 0 amide bonds. The van der Waals surface area contributed by atoms with Crippen LogP contribution in [0.2, 0.25) is 0 Å². The lowest BCUT2D eigenvalue weighted by Crippen LogP contribution is -2.43. The molecule has 0 unspecified atom stereocenters. The van der Waals surface area contributed by atoms with Crippen LogP contribution in [0, 0.1) is 5.82 Å². The van der Waals surface area contributed by atoms with Crippen LogP contribution in [-0.2, 0) is 16.6 Å². The number of hydrogen-bond acceptors (Lipinski definition) is 3. The van der Waals surface area contributed by atoms with Gasteiger partial charge in [0.2, 0.25) is 10.0 Å². The van der Waals surface area contributed by atoms with Gasteiger partial charge in [0.25, 0.3) is 0 Å². The lowest BCUT2D eigenvalue weighted by atomic mass is 10.0. The molecular formula is C15H23FN2O2S. The van der Waals surface area contributed by atoms with Gasteiger partial charge in [0.05, 0.1) is 0 Å². The fraction of sp³-hybridized carbons (Fsp3) is 0.600. The van der Waals surface area contributed by atoms with Crippen LogP contribution >= 0.6 is 0 Å². The first-order valence-electron chi connectivity index (χ1n) is 7.39. The molecule has 0 heterocycles. The van der Waals surface area contributed by atoms with Crippen molar-refractivity contribution in [3.05, 3.63) is 29.6 Å². The zero-order chi connectivity index (χ0) is 15.5. The van der Waals surface area contributed by atoms with Crippen molar-refractivity contribution in [1.29, 1.82) is 0 Å². The molecule has 0 radical (unpaired) electrons. The van der Waals surface area contributed by atoms with Crippen molar-refractivity contribution in [3.63, 3.8) is 0 Å². The van der Waals surface area contributed by atoms with E-state index in [0.717, 1.165) is 37.8 Å². The van der Waals surface area contributed by atoms with E-state index in [9.17, 15) is 12.8 Å². The van der Waals surface area contributed by atoms with E-state index in [1.165, 1.54) is 12.1 Å². The summed E-state index contributed by atoms with van der Waals surface area (Å²) in [6.07, 6.45) is 3.60. The lowest BCUT2D eigenvalue weighted by molar-refractivity contribution is 0.425. The van der Waals surface area contributed by atoms with Crippen LogP contribution in [0.15, 0.2) is 23.1 Å². The predicted octanol–water partition coefficient (Wildman–Crippen LogP) is 2.55. The zero-order valence-electron chi connectivity index (χ0n) is 12.6. The molecule has 0 aromatic heterocycles. The third-order valence-electron chi connectivity index (χ3n) is 3.95. The Morgan fingerprint density at radius 2 is 1.95 bits per heavy atom. The Morgan fingerprint density at radius 1 is 1.29 bits per heavy atom. The topological polar surface area (TPSA) is 58.2 Å². The fourth-order valence-corrected chi connectivity index (χ4v) is 4.36. The standard InChI is InChI=1S/C15H23FN2O2S/c1-3-17-11-12-6-7-13(16)14(10-12)21(19,20)18-15(2)8-4-5-9-15/h6-7,10,17-18H,3-5,8-9,11H2,1-2H3. The maximum Gasteiger partial charge on any atom is 0.243 e.